The van der Waals surface area contributed by atoms with Crippen molar-refractivity contribution < 1.29 is 51.6 Å². The van der Waals surface area contributed by atoms with Crippen molar-refractivity contribution in [2.45, 2.75) is 21.3 Å². The number of hydrogen-bond donors (Lipinski definition) is 7. The number of hydrogen-bond acceptors (Lipinski definition) is 7. The van der Waals surface area contributed by atoms with E-state index < -0.39 is 57.2 Å². The minimum atomic E-state index is -4.53. The SMILES string of the molecule is NCCNCC[NH][Fe]([CH2]C(=O)O)([CH2]C(=O)O)([CH2]C(=O)O)[CH2]C(=O)O. The first kappa shape index (κ1) is 22.3. The Balaban J connectivity index is 5.76. The Morgan fingerprint density at radius 3 is 1.38 bits per heavy atom. The Labute approximate surface area is 139 Å². The maximum atomic E-state index is 11.3. The molecule has 0 amide bonds. The van der Waals surface area contributed by atoms with Crippen molar-refractivity contribution in [2.75, 3.05) is 26.2 Å². The molecule has 0 heterocycles. The van der Waals surface area contributed by atoms with Gasteiger partial charge in [-0.25, -0.2) is 0 Å². The Bertz CT molecular complexity index is 423. The van der Waals surface area contributed by atoms with E-state index in [0.29, 0.717) is 13.1 Å². The van der Waals surface area contributed by atoms with Crippen LogP contribution in [0.4, 0.5) is 0 Å². The topological polar surface area (TPSA) is 199 Å². The molecule has 0 saturated heterocycles. The molecule has 0 aromatic heterocycles. The zero-order valence-corrected chi connectivity index (χ0v) is 14.1. The zero-order chi connectivity index (χ0) is 18.8. The van der Waals surface area contributed by atoms with Crippen molar-refractivity contribution in [3.8, 4) is 0 Å². The summed E-state index contributed by atoms with van der Waals surface area (Å²) in [6.45, 7) is 1.09. The molecule has 0 aromatic carbocycles. The fourth-order valence-corrected chi connectivity index (χ4v) is 7.97. The van der Waals surface area contributed by atoms with Crippen LogP contribution < -0.4 is 15.4 Å². The Morgan fingerprint density at radius 1 is 0.708 bits per heavy atom. The molecule has 0 aliphatic heterocycles. The summed E-state index contributed by atoms with van der Waals surface area (Å²) in [5.41, 5.74) is 5.30. The Hall–Kier alpha value is -1.72. The third kappa shape index (κ3) is 7.70. The summed E-state index contributed by atoms with van der Waals surface area (Å²) in [5, 5.41) is 36.3. The number of carboxylic acid groups (broad SMARTS) is 4. The second-order valence-electron chi connectivity index (χ2n) is 5.05. The van der Waals surface area contributed by atoms with Crippen LogP contribution in [0.25, 0.3) is 0 Å². The fourth-order valence-electron chi connectivity index (χ4n) is 2.17. The quantitative estimate of drug-likeness (QED) is 0.137. The first-order chi connectivity index (χ1) is 11.0. The van der Waals surface area contributed by atoms with Crippen LogP contribution in [0, 0.1) is 0 Å². The van der Waals surface area contributed by atoms with E-state index in [1.165, 1.54) is 0 Å². The molecule has 0 spiro atoms. The molecular formula is C12H24FeN3O8. The molecule has 12 heteroatoms. The summed E-state index contributed by atoms with van der Waals surface area (Å²) in [6, 6.07) is 0. The predicted molar refractivity (Wildman–Crippen MR) is 79.7 cm³/mol. The van der Waals surface area contributed by atoms with Crippen LogP contribution in [-0.2, 0) is 31.2 Å². The van der Waals surface area contributed by atoms with Crippen molar-refractivity contribution in [1.29, 1.82) is 0 Å². The average molecular weight is 394 g/mol. The standard InChI is InChI=1S/C4H12N3.4C2H3O2.Fe/c5-1-3-7-4-2-6;4*1-2(3)4;/h5,7H,1-4,6H2;4*1H2,(H,3,4);/q-1;;;;;+1. The molecule has 0 radical (unpaired) electrons. The zero-order valence-electron chi connectivity index (χ0n) is 13.0. The number of rotatable bonds is 14. The van der Waals surface area contributed by atoms with E-state index in [0.717, 1.165) is 0 Å². The van der Waals surface area contributed by atoms with E-state index in [2.05, 4.69) is 9.65 Å². The van der Waals surface area contributed by atoms with Gasteiger partial charge in [-0.3, -0.25) is 0 Å². The predicted octanol–water partition coefficient (Wildman–Crippen LogP) is -1.26. The van der Waals surface area contributed by atoms with Gasteiger partial charge in [-0.05, 0) is 0 Å². The van der Waals surface area contributed by atoms with Gasteiger partial charge in [-0.15, -0.1) is 0 Å². The van der Waals surface area contributed by atoms with E-state index in [1.54, 1.807) is 0 Å². The first-order valence-electron chi connectivity index (χ1n) is 6.77. The van der Waals surface area contributed by atoms with Crippen LogP contribution in [0.1, 0.15) is 0 Å². The Kier molecular flexibility index (Phi) is 8.86. The number of aliphatic carboxylic acids is 4. The molecule has 0 aromatic rings. The molecule has 0 rings (SSSR count). The normalized spacial score (nSPS) is 13.0. The van der Waals surface area contributed by atoms with Gasteiger partial charge in [-0.2, -0.15) is 0 Å². The summed E-state index contributed by atoms with van der Waals surface area (Å²) in [5.74, 6) is -5.76. The van der Waals surface area contributed by atoms with Crippen LogP contribution in [0.2, 0.25) is 21.3 Å². The van der Waals surface area contributed by atoms with E-state index in [-0.39, 0.29) is 13.1 Å². The van der Waals surface area contributed by atoms with Crippen molar-refractivity contribution in [3.05, 3.63) is 0 Å². The number of nitrogens with two attached hydrogens (primary N) is 1. The summed E-state index contributed by atoms with van der Waals surface area (Å²) >= 11 is -4.53. The Morgan fingerprint density at radius 2 is 1.08 bits per heavy atom. The van der Waals surface area contributed by atoms with Crippen LogP contribution in [0.3, 0.4) is 0 Å². The van der Waals surface area contributed by atoms with Crippen LogP contribution in [-0.4, -0.2) is 70.5 Å². The average Bonchev–Trinajstić information content (AvgIpc) is 2.34. The van der Waals surface area contributed by atoms with Gasteiger partial charge in [0.1, 0.15) is 0 Å². The van der Waals surface area contributed by atoms with E-state index in [1.807, 2.05) is 0 Å². The van der Waals surface area contributed by atoms with Crippen LogP contribution in [0.5, 0.6) is 0 Å². The van der Waals surface area contributed by atoms with Crippen molar-refractivity contribution >= 4 is 23.9 Å². The van der Waals surface area contributed by atoms with Gasteiger partial charge >= 0.3 is 138 Å². The van der Waals surface area contributed by atoms with Crippen molar-refractivity contribution in [3.63, 3.8) is 0 Å². The molecule has 24 heavy (non-hydrogen) atoms. The van der Waals surface area contributed by atoms with E-state index >= 15 is 0 Å². The van der Waals surface area contributed by atoms with Gasteiger partial charge in [0.05, 0.1) is 0 Å². The number of nitrogens with one attached hydrogen (secondary N) is 2. The van der Waals surface area contributed by atoms with E-state index in [4.69, 9.17) is 5.73 Å². The van der Waals surface area contributed by atoms with Crippen LogP contribution in [0.15, 0.2) is 0 Å². The molecule has 8 N–H and O–H groups in total. The number of carboxylic acids is 4. The third-order valence-corrected chi connectivity index (χ3v) is 9.61. The molecule has 0 unspecified atom stereocenters. The molecule has 143 valence electrons. The van der Waals surface area contributed by atoms with Crippen molar-refractivity contribution in [2.24, 2.45) is 5.73 Å². The van der Waals surface area contributed by atoms with Crippen LogP contribution >= 0.6 is 0 Å². The summed E-state index contributed by atoms with van der Waals surface area (Å²) in [4.78, 5) is 45.1. The van der Waals surface area contributed by atoms with Gasteiger partial charge < -0.3 is 0 Å². The summed E-state index contributed by atoms with van der Waals surface area (Å²) < 4.78 is 2.75. The van der Waals surface area contributed by atoms with Gasteiger partial charge in [-0.1, -0.05) is 0 Å². The second-order valence-corrected chi connectivity index (χ2v) is 11.9. The molecule has 0 fully saturated rings. The maximum absolute atomic E-state index is 11.3. The fraction of sp³-hybridized carbons (Fsp3) is 0.667. The third-order valence-electron chi connectivity index (χ3n) is 2.80. The van der Waals surface area contributed by atoms with Gasteiger partial charge in [0, 0.05) is 0 Å². The van der Waals surface area contributed by atoms with Crippen molar-refractivity contribution in [1.82, 2.24) is 9.65 Å². The second kappa shape index (κ2) is 9.55. The first-order valence-corrected chi connectivity index (χ1v) is 10.4. The molecule has 11 nitrogen and oxygen atoms in total. The molecule has 0 atom stereocenters. The molecule has 0 aliphatic carbocycles. The molecule has 0 aliphatic rings. The summed E-state index contributed by atoms with van der Waals surface area (Å²) in [7, 11) is 0. The minimum absolute atomic E-state index is 0.0317. The summed E-state index contributed by atoms with van der Waals surface area (Å²) in [6.07, 6.45) is 0. The molecular weight excluding hydrogens is 370 g/mol. The molecule has 0 saturated carbocycles. The van der Waals surface area contributed by atoms with Gasteiger partial charge in [0.2, 0.25) is 0 Å². The molecule has 0 bridgehead atoms. The monoisotopic (exact) mass is 394 g/mol. The number of carbonyl (C=O) groups is 4. The van der Waals surface area contributed by atoms with Gasteiger partial charge in [0.25, 0.3) is 0 Å². The van der Waals surface area contributed by atoms with Gasteiger partial charge in [0.15, 0.2) is 0 Å². The van der Waals surface area contributed by atoms with E-state index in [9.17, 15) is 39.6 Å².